The topological polar surface area (TPSA) is 112 Å². The Labute approximate surface area is 169 Å². The van der Waals surface area contributed by atoms with Crippen LogP contribution in [-0.2, 0) is 10.0 Å². The van der Waals surface area contributed by atoms with E-state index < -0.39 is 27.3 Å². The summed E-state index contributed by atoms with van der Waals surface area (Å²) in [6.45, 7) is 8.09. The van der Waals surface area contributed by atoms with E-state index in [0.29, 0.717) is 5.92 Å². The Morgan fingerprint density at radius 2 is 1.48 bits per heavy atom. The third-order valence-corrected chi connectivity index (χ3v) is 6.37. The van der Waals surface area contributed by atoms with Gasteiger partial charge in [0.25, 0.3) is 5.56 Å². The lowest BCUT2D eigenvalue weighted by Crippen LogP contribution is -2.32. The Balaban J connectivity index is 1.98. The Morgan fingerprint density at radius 3 is 2.07 bits per heavy atom. The van der Waals surface area contributed by atoms with Crippen molar-refractivity contribution in [3.8, 4) is 0 Å². The minimum absolute atomic E-state index is 0.00916. The summed E-state index contributed by atoms with van der Waals surface area (Å²) in [5.41, 5.74) is 1.06. The summed E-state index contributed by atoms with van der Waals surface area (Å²) in [5, 5.41) is 0.106. The molecule has 3 N–H and O–H groups in total. The fraction of sp³-hybridized carbons (Fsp3) is 0.333. The molecule has 1 heterocycles. The first kappa shape index (κ1) is 21.0. The smallest absolute Gasteiger partial charge is 0.307 e. The van der Waals surface area contributed by atoms with Crippen molar-refractivity contribution in [2.24, 2.45) is 5.92 Å². The fourth-order valence-electron chi connectivity index (χ4n) is 3.22. The zero-order valence-electron chi connectivity index (χ0n) is 16.8. The maximum absolute atomic E-state index is 13.0. The number of H-pyrrole nitrogens is 2. The van der Waals surface area contributed by atoms with Gasteiger partial charge in [0.15, 0.2) is 0 Å². The van der Waals surface area contributed by atoms with Gasteiger partial charge in [-0.2, -0.15) is 0 Å². The van der Waals surface area contributed by atoms with Crippen LogP contribution in [0.2, 0.25) is 0 Å². The zero-order chi connectivity index (χ0) is 21.3. The van der Waals surface area contributed by atoms with Crippen molar-refractivity contribution in [2.75, 3.05) is 0 Å². The van der Waals surface area contributed by atoms with E-state index >= 15 is 0 Å². The van der Waals surface area contributed by atoms with E-state index in [1.807, 2.05) is 38.1 Å². The van der Waals surface area contributed by atoms with Crippen molar-refractivity contribution in [2.45, 2.75) is 44.6 Å². The van der Waals surface area contributed by atoms with E-state index in [0.717, 1.165) is 5.56 Å². The number of aromatic amines is 2. The van der Waals surface area contributed by atoms with E-state index in [4.69, 9.17) is 0 Å². The second-order valence-electron chi connectivity index (χ2n) is 7.78. The molecule has 29 heavy (non-hydrogen) atoms. The Hall–Kier alpha value is -2.71. The molecule has 0 aliphatic rings. The zero-order valence-corrected chi connectivity index (χ0v) is 17.6. The molecule has 0 saturated heterocycles. The highest BCUT2D eigenvalue weighted by molar-refractivity contribution is 7.89. The number of benzene rings is 2. The van der Waals surface area contributed by atoms with Gasteiger partial charge in [-0.3, -0.25) is 9.78 Å². The van der Waals surface area contributed by atoms with E-state index in [1.165, 1.54) is 23.8 Å². The van der Waals surface area contributed by atoms with Gasteiger partial charge in [0.1, 0.15) is 0 Å². The third kappa shape index (κ3) is 4.49. The molecule has 8 heteroatoms. The first-order valence-corrected chi connectivity index (χ1v) is 11.0. The van der Waals surface area contributed by atoms with Crippen LogP contribution >= 0.6 is 0 Å². The monoisotopic (exact) mass is 415 g/mol. The molecular weight excluding hydrogens is 390 g/mol. The molecule has 3 rings (SSSR count). The minimum Gasteiger partial charge on any atom is -0.307 e. The maximum atomic E-state index is 13.0. The van der Waals surface area contributed by atoms with E-state index in [-0.39, 0.29) is 21.7 Å². The number of sulfonamides is 1. The second kappa shape index (κ2) is 7.96. The molecule has 1 unspecified atom stereocenters. The van der Waals surface area contributed by atoms with Gasteiger partial charge in [-0.1, -0.05) is 52.0 Å². The standard InChI is InChI=1S/C21H25N3O4S/c1-12(2)14-5-7-15(8-6-14)19(13(3)4)24-29(27,28)16-9-10-18-17(11-16)20(25)23-21(26)22-18/h5-13,19,24H,1-4H3,(H2,22,23,25,26). The van der Waals surface area contributed by atoms with Gasteiger partial charge < -0.3 is 4.98 Å². The van der Waals surface area contributed by atoms with Gasteiger partial charge in [-0.25, -0.2) is 17.9 Å². The third-order valence-electron chi connectivity index (χ3n) is 4.93. The fourth-order valence-corrected chi connectivity index (χ4v) is 4.62. The molecule has 0 radical (unpaired) electrons. The highest BCUT2D eigenvalue weighted by Crippen LogP contribution is 2.26. The van der Waals surface area contributed by atoms with Crippen molar-refractivity contribution in [1.82, 2.24) is 14.7 Å². The van der Waals surface area contributed by atoms with Crippen LogP contribution in [0, 0.1) is 5.92 Å². The normalized spacial score (nSPS) is 13.3. The average molecular weight is 416 g/mol. The van der Waals surface area contributed by atoms with Gasteiger partial charge in [0.2, 0.25) is 10.0 Å². The number of nitrogens with one attached hydrogen (secondary N) is 3. The summed E-state index contributed by atoms with van der Waals surface area (Å²) in [6, 6.07) is 11.5. The molecule has 7 nitrogen and oxygen atoms in total. The van der Waals surface area contributed by atoms with Crippen LogP contribution in [0.25, 0.3) is 10.9 Å². The van der Waals surface area contributed by atoms with Gasteiger partial charge >= 0.3 is 5.69 Å². The molecule has 1 aromatic heterocycles. The highest BCUT2D eigenvalue weighted by atomic mass is 32.2. The Bertz CT molecular complexity index is 1240. The SMILES string of the molecule is CC(C)c1ccc(C(NS(=O)(=O)c2ccc3[nH]c(=O)[nH]c(=O)c3c2)C(C)C)cc1. The average Bonchev–Trinajstić information content (AvgIpc) is 2.65. The molecule has 0 aliphatic carbocycles. The first-order chi connectivity index (χ1) is 13.6. The van der Waals surface area contributed by atoms with Crippen LogP contribution in [-0.4, -0.2) is 18.4 Å². The predicted molar refractivity (Wildman–Crippen MR) is 114 cm³/mol. The number of rotatable bonds is 6. The molecule has 0 saturated carbocycles. The van der Waals surface area contributed by atoms with Crippen LogP contribution in [0.15, 0.2) is 56.9 Å². The van der Waals surface area contributed by atoms with Crippen LogP contribution in [0.1, 0.15) is 50.8 Å². The number of hydrogen-bond donors (Lipinski definition) is 3. The summed E-state index contributed by atoms with van der Waals surface area (Å²) < 4.78 is 28.8. The summed E-state index contributed by atoms with van der Waals surface area (Å²) in [7, 11) is -3.89. The van der Waals surface area contributed by atoms with Crippen molar-refractivity contribution in [3.05, 3.63) is 74.4 Å². The molecule has 0 spiro atoms. The first-order valence-electron chi connectivity index (χ1n) is 9.47. The highest BCUT2D eigenvalue weighted by Gasteiger charge is 2.24. The largest absolute Gasteiger partial charge is 0.326 e. The molecule has 0 bridgehead atoms. The quantitative estimate of drug-likeness (QED) is 0.574. The Kier molecular flexibility index (Phi) is 5.77. The number of aromatic nitrogens is 2. The van der Waals surface area contributed by atoms with Gasteiger partial charge in [0.05, 0.1) is 15.8 Å². The van der Waals surface area contributed by atoms with Crippen molar-refractivity contribution in [3.63, 3.8) is 0 Å². The minimum atomic E-state index is -3.89. The summed E-state index contributed by atoms with van der Waals surface area (Å²) in [6.07, 6.45) is 0. The van der Waals surface area contributed by atoms with Crippen LogP contribution < -0.4 is 16.0 Å². The van der Waals surface area contributed by atoms with Crippen LogP contribution in [0.4, 0.5) is 0 Å². The molecule has 154 valence electrons. The lowest BCUT2D eigenvalue weighted by atomic mass is 9.94. The van der Waals surface area contributed by atoms with E-state index in [1.54, 1.807) is 0 Å². The molecule has 0 fully saturated rings. The summed E-state index contributed by atoms with van der Waals surface area (Å²) in [4.78, 5) is 28.0. The second-order valence-corrected chi connectivity index (χ2v) is 9.49. The summed E-state index contributed by atoms with van der Waals surface area (Å²) in [5.74, 6) is 0.398. The predicted octanol–water partition coefficient (Wildman–Crippen LogP) is 3.02. The molecule has 2 aromatic carbocycles. The van der Waals surface area contributed by atoms with Crippen LogP contribution in [0.5, 0.6) is 0 Å². The number of fused-ring (bicyclic) bond motifs is 1. The van der Waals surface area contributed by atoms with Crippen LogP contribution in [0.3, 0.4) is 0 Å². The molecular formula is C21H25N3O4S. The molecule has 0 aliphatic heterocycles. The Morgan fingerprint density at radius 1 is 0.862 bits per heavy atom. The molecule has 1 atom stereocenters. The van der Waals surface area contributed by atoms with Gasteiger partial charge in [-0.15, -0.1) is 0 Å². The summed E-state index contributed by atoms with van der Waals surface area (Å²) >= 11 is 0. The molecule has 3 aromatic rings. The van der Waals surface area contributed by atoms with Gasteiger partial charge in [0, 0.05) is 6.04 Å². The van der Waals surface area contributed by atoms with Crippen molar-refractivity contribution >= 4 is 20.9 Å². The van der Waals surface area contributed by atoms with Crippen molar-refractivity contribution < 1.29 is 8.42 Å². The lowest BCUT2D eigenvalue weighted by molar-refractivity contribution is 0.463. The number of hydrogen-bond acceptors (Lipinski definition) is 4. The van der Waals surface area contributed by atoms with Crippen molar-refractivity contribution in [1.29, 1.82) is 0 Å². The molecule has 0 amide bonds. The maximum Gasteiger partial charge on any atom is 0.326 e. The van der Waals surface area contributed by atoms with Gasteiger partial charge in [-0.05, 0) is 41.2 Å². The van der Waals surface area contributed by atoms with E-state index in [2.05, 4.69) is 28.5 Å². The van der Waals surface area contributed by atoms with E-state index in [9.17, 15) is 18.0 Å². The lowest BCUT2D eigenvalue weighted by Gasteiger charge is -2.23.